The number of hydrogen-bond acceptors (Lipinski definition) is 3. The van der Waals surface area contributed by atoms with Gasteiger partial charge in [-0.05, 0) is 35.8 Å². The van der Waals surface area contributed by atoms with Crippen LogP contribution in [0.15, 0.2) is 18.2 Å². The Morgan fingerprint density at radius 3 is 3.12 bits per heavy atom. The maximum Gasteiger partial charge on any atom is 0.0350 e. The highest BCUT2D eigenvalue weighted by Crippen LogP contribution is 2.29. The van der Waals surface area contributed by atoms with Crippen molar-refractivity contribution in [3.05, 3.63) is 29.3 Å². The average Bonchev–Trinajstić information content (AvgIpc) is 2.82. The Balaban J connectivity index is 1.80. The summed E-state index contributed by atoms with van der Waals surface area (Å²) in [5.74, 6) is 2.66. The number of rotatable bonds is 1. The molecule has 0 spiro atoms. The van der Waals surface area contributed by atoms with E-state index in [4.69, 9.17) is 5.73 Å². The third-order valence-corrected chi connectivity index (χ3v) is 4.90. The van der Waals surface area contributed by atoms with Gasteiger partial charge in [-0.3, -0.25) is 4.90 Å². The summed E-state index contributed by atoms with van der Waals surface area (Å²) in [5, 5.41) is 0. The van der Waals surface area contributed by atoms with E-state index in [0.717, 1.165) is 24.7 Å². The molecule has 1 aromatic carbocycles. The van der Waals surface area contributed by atoms with E-state index in [1.807, 2.05) is 6.07 Å². The third-order valence-electron chi connectivity index (χ3n) is 3.75. The van der Waals surface area contributed by atoms with Crippen LogP contribution in [-0.2, 0) is 13.0 Å². The number of nitrogens with zero attached hydrogens (tertiary/aromatic N) is 1. The molecule has 1 atom stereocenters. The fourth-order valence-electron chi connectivity index (χ4n) is 2.78. The lowest BCUT2D eigenvalue weighted by atomic mass is 9.97. The predicted molar refractivity (Wildman–Crippen MR) is 70.7 cm³/mol. The van der Waals surface area contributed by atoms with Crippen molar-refractivity contribution in [2.45, 2.75) is 25.4 Å². The lowest BCUT2D eigenvalue weighted by Crippen LogP contribution is -2.39. The van der Waals surface area contributed by atoms with Crippen LogP contribution in [0.1, 0.15) is 17.5 Å². The molecular formula is C13H18N2S. The molecule has 16 heavy (non-hydrogen) atoms. The van der Waals surface area contributed by atoms with Crippen LogP contribution in [0.3, 0.4) is 0 Å². The van der Waals surface area contributed by atoms with Crippen molar-refractivity contribution in [1.82, 2.24) is 4.90 Å². The molecule has 2 aliphatic rings. The summed E-state index contributed by atoms with van der Waals surface area (Å²) in [6.07, 6.45) is 2.49. The topological polar surface area (TPSA) is 29.3 Å². The number of nitrogen functional groups attached to an aromatic ring is 1. The smallest absolute Gasteiger partial charge is 0.0350 e. The Morgan fingerprint density at radius 1 is 1.38 bits per heavy atom. The van der Waals surface area contributed by atoms with Gasteiger partial charge in [-0.1, -0.05) is 12.1 Å². The van der Waals surface area contributed by atoms with Gasteiger partial charge < -0.3 is 5.73 Å². The highest BCUT2D eigenvalue weighted by Gasteiger charge is 2.26. The summed E-state index contributed by atoms with van der Waals surface area (Å²) in [7, 11) is 0. The quantitative estimate of drug-likeness (QED) is 0.755. The Kier molecular flexibility index (Phi) is 2.82. The fraction of sp³-hybridized carbons (Fsp3) is 0.538. The largest absolute Gasteiger partial charge is 0.398 e. The van der Waals surface area contributed by atoms with Gasteiger partial charge in [-0.2, -0.15) is 11.8 Å². The average molecular weight is 234 g/mol. The minimum atomic E-state index is 0.805. The molecule has 0 saturated carbocycles. The molecule has 0 amide bonds. The van der Waals surface area contributed by atoms with Gasteiger partial charge in [0.05, 0.1) is 0 Å². The van der Waals surface area contributed by atoms with Crippen LogP contribution in [0.4, 0.5) is 5.69 Å². The van der Waals surface area contributed by atoms with E-state index in [9.17, 15) is 0 Å². The lowest BCUT2D eigenvalue weighted by Gasteiger charge is -2.33. The van der Waals surface area contributed by atoms with Gasteiger partial charge in [0.2, 0.25) is 0 Å². The summed E-state index contributed by atoms with van der Waals surface area (Å²) in [6, 6.07) is 7.15. The van der Waals surface area contributed by atoms with Gasteiger partial charge in [0.25, 0.3) is 0 Å². The molecule has 2 nitrogen and oxygen atoms in total. The molecular weight excluding hydrogens is 216 g/mol. The molecule has 1 unspecified atom stereocenters. The first kappa shape index (κ1) is 10.5. The number of thioether (sulfide) groups is 1. The third kappa shape index (κ3) is 1.82. The number of nitrogens with two attached hydrogens (primary N) is 1. The Labute approximate surface area is 101 Å². The molecule has 2 N–H and O–H groups in total. The van der Waals surface area contributed by atoms with Crippen LogP contribution in [0.2, 0.25) is 0 Å². The number of benzene rings is 1. The van der Waals surface area contributed by atoms with E-state index in [1.165, 1.54) is 35.6 Å². The van der Waals surface area contributed by atoms with Crippen LogP contribution < -0.4 is 5.73 Å². The molecule has 0 aromatic heterocycles. The summed E-state index contributed by atoms with van der Waals surface area (Å²) < 4.78 is 0. The molecule has 86 valence electrons. The van der Waals surface area contributed by atoms with Crippen LogP contribution in [0.25, 0.3) is 0 Å². The van der Waals surface area contributed by atoms with Crippen molar-refractivity contribution < 1.29 is 0 Å². The first-order chi connectivity index (χ1) is 7.84. The molecule has 3 heteroatoms. The van der Waals surface area contributed by atoms with Gasteiger partial charge in [-0.25, -0.2) is 0 Å². The van der Waals surface area contributed by atoms with Crippen LogP contribution in [-0.4, -0.2) is 29.0 Å². The number of hydrogen-bond donors (Lipinski definition) is 1. The Hall–Kier alpha value is -0.670. The van der Waals surface area contributed by atoms with Gasteiger partial charge in [0.15, 0.2) is 0 Å². The minimum Gasteiger partial charge on any atom is -0.398 e. The van der Waals surface area contributed by atoms with E-state index < -0.39 is 0 Å². The highest BCUT2D eigenvalue weighted by atomic mass is 32.2. The molecule has 1 fully saturated rings. The summed E-state index contributed by atoms with van der Waals surface area (Å²) in [4.78, 5) is 2.64. The van der Waals surface area contributed by atoms with Crippen LogP contribution in [0, 0.1) is 0 Å². The van der Waals surface area contributed by atoms with E-state index in [1.54, 1.807) is 0 Å². The first-order valence-electron chi connectivity index (χ1n) is 6.02. The van der Waals surface area contributed by atoms with E-state index in [2.05, 4.69) is 28.8 Å². The normalized spacial score (nSPS) is 25.6. The monoisotopic (exact) mass is 234 g/mol. The van der Waals surface area contributed by atoms with Crippen LogP contribution in [0.5, 0.6) is 0 Å². The number of anilines is 1. The first-order valence-corrected chi connectivity index (χ1v) is 7.18. The molecule has 3 rings (SSSR count). The Morgan fingerprint density at radius 2 is 2.31 bits per heavy atom. The van der Waals surface area contributed by atoms with Crippen molar-refractivity contribution in [2.24, 2.45) is 0 Å². The number of fused-ring (bicyclic) bond motifs is 1. The molecule has 0 bridgehead atoms. The molecule has 1 aromatic rings. The SMILES string of the molecule is Nc1cccc2c1CCN(C1CCSC1)C2. The zero-order chi connectivity index (χ0) is 11.0. The van der Waals surface area contributed by atoms with Crippen LogP contribution >= 0.6 is 11.8 Å². The van der Waals surface area contributed by atoms with Crippen molar-refractivity contribution in [3.63, 3.8) is 0 Å². The molecule has 0 radical (unpaired) electrons. The van der Waals surface area contributed by atoms with Crippen molar-refractivity contribution in [1.29, 1.82) is 0 Å². The van der Waals surface area contributed by atoms with E-state index in [-0.39, 0.29) is 0 Å². The molecule has 2 aliphatic heterocycles. The lowest BCUT2D eigenvalue weighted by molar-refractivity contribution is 0.195. The fourth-order valence-corrected chi connectivity index (χ4v) is 4.04. The second-order valence-electron chi connectivity index (χ2n) is 4.72. The Bertz CT molecular complexity index is 386. The highest BCUT2D eigenvalue weighted by molar-refractivity contribution is 7.99. The summed E-state index contributed by atoms with van der Waals surface area (Å²) >= 11 is 2.09. The van der Waals surface area contributed by atoms with Gasteiger partial charge in [0, 0.05) is 30.6 Å². The van der Waals surface area contributed by atoms with Crippen molar-refractivity contribution >= 4 is 17.4 Å². The van der Waals surface area contributed by atoms with E-state index >= 15 is 0 Å². The molecule has 0 aliphatic carbocycles. The second kappa shape index (κ2) is 4.30. The van der Waals surface area contributed by atoms with Gasteiger partial charge in [0.1, 0.15) is 0 Å². The maximum absolute atomic E-state index is 6.02. The summed E-state index contributed by atoms with van der Waals surface area (Å²) in [5.41, 5.74) is 9.84. The van der Waals surface area contributed by atoms with Gasteiger partial charge >= 0.3 is 0 Å². The van der Waals surface area contributed by atoms with E-state index in [0.29, 0.717) is 0 Å². The standard InChI is InChI=1S/C13H18N2S/c14-13-3-1-2-10-8-15(6-4-12(10)13)11-5-7-16-9-11/h1-3,11H,4-9,14H2. The molecule has 2 heterocycles. The molecule has 1 saturated heterocycles. The second-order valence-corrected chi connectivity index (χ2v) is 5.87. The minimum absolute atomic E-state index is 0.805. The summed E-state index contributed by atoms with van der Waals surface area (Å²) in [6.45, 7) is 2.29. The van der Waals surface area contributed by atoms with Crippen molar-refractivity contribution in [3.8, 4) is 0 Å². The predicted octanol–water partition coefficient (Wildman–Crippen LogP) is 2.13. The van der Waals surface area contributed by atoms with Gasteiger partial charge in [-0.15, -0.1) is 0 Å². The zero-order valence-electron chi connectivity index (χ0n) is 9.48. The zero-order valence-corrected chi connectivity index (χ0v) is 10.3. The maximum atomic E-state index is 6.02. The van der Waals surface area contributed by atoms with Crippen molar-refractivity contribution in [2.75, 3.05) is 23.8 Å².